The number of para-hydroxylation sites is 1. The van der Waals surface area contributed by atoms with Gasteiger partial charge in [0.15, 0.2) is 0 Å². The molecule has 0 spiro atoms. The van der Waals surface area contributed by atoms with Gasteiger partial charge in [-0.25, -0.2) is 8.42 Å². The average molecular weight is 480 g/mol. The van der Waals surface area contributed by atoms with Crippen molar-refractivity contribution in [3.8, 4) is 0 Å². The zero-order valence-electron chi connectivity index (χ0n) is 19.0. The zero-order valence-corrected chi connectivity index (χ0v) is 20.6. The highest BCUT2D eigenvalue weighted by molar-refractivity contribution is 7.92. The van der Waals surface area contributed by atoms with Crippen molar-refractivity contribution in [2.24, 2.45) is 0 Å². The number of sulfonamides is 1. The molecule has 0 aliphatic carbocycles. The van der Waals surface area contributed by atoms with Crippen LogP contribution in [0.2, 0.25) is 5.02 Å². The minimum atomic E-state index is -3.78. The van der Waals surface area contributed by atoms with Crippen LogP contribution in [0, 0.1) is 0 Å². The van der Waals surface area contributed by atoms with E-state index in [1.165, 1.54) is 11.9 Å². The Balaban J connectivity index is 2.47. The fourth-order valence-electron chi connectivity index (χ4n) is 3.40. The Hall–Kier alpha value is -2.58. The molecular weight excluding hydrogens is 450 g/mol. The monoisotopic (exact) mass is 479 g/mol. The van der Waals surface area contributed by atoms with Crippen molar-refractivity contribution in [3.63, 3.8) is 0 Å². The van der Waals surface area contributed by atoms with E-state index >= 15 is 0 Å². The molecule has 0 saturated carbocycles. The first-order valence-electron chi connectivity index (χ1n) is 10.3. The highest BCUT2D eigenvalue weighted by Crippen LogP contribution is 2.29. The van der Waals surface area contributed by atoms with Crippen LogP contribution in [0.5, 0.6) is 0 Å². The summed E-state index contributed by atoms with van der Waals surface area (Å²) >= 11 is 6.28. The molecular formula is C23H30ClN3O4S. The number of likely N-dealkylation sites (N-methyl/N-ethyl adjacent to an activating group) is 1. The molecule has 0 saturated heterocycles. The van der Waals surface area contributed by atoms with Gasteiger partial charge in [-0.3, -0.25) is 13.9 Å². The first-order chi connectivity index (χ1) is 15.0. The molecule has 1 atom stereocenters. The molecule has 0 aliphatic rings. The molecule has 0 radical (unpaired) electrons. The van der Waals surface area contributed by atoms with Gasteiger partial charge in [0.2, 0.25) is 21.8 Å². The summed E-state index contributed by atoms with van der Waals surface area (Å²) < 4.78 is 26.5. The van der Waals surface area contributed by atoms with Crippen LogP contribution in [0.4, 0.5) is 5.69 Å². The Morgan fingerprint density at radius 3 is 2.19 bits per heavy atom. The fraction of sp³-hybridized carbons (Fsp3) is 0.391. The molecule has 7 nitrogen and oxygen atoms in total. The summed E-state index contributed by atoms with van der Waals surface area (Å²) in [4.78, 5) is 27.1. The molecule has 0 fully saturated rings. The Labute approximate surface area is 195 Å². The molecule has 0 heterocycles. The fourth-order valence-corrected chi connectivity index (χ4v) is 4.46. The van der Waals surface area contributed by atoms with E-state index in [2.05, 4.69) is 5.32 Å². The SMILES string of the molecule is CNC(=O)[C@H](C)N(Cc1ccccc1Cl)C(=O)CN(c1ccccc1C(C)C)S(C)(=O)=O. The number of carbonyl (C=O) groups is 2. The number of benzene rings is 2. The molecule has 0 aliphatic heterocycles. The summed E-state index contributed by atoms with van der Waals surface area (Å²) in [5, 5.41) is 3.00. The van der Waals surface area contributed by atoms with Crippen LogP contribution >= 0.6 is 11.6 Å². The number of nitrogens with zero attached hydrogens (tertiary/aromatic N) is 2. The highest BCUT2D eigenvalue weighted by atomic mass is 35.5. The minimum absolute atomic E-state index is 0.0505. The number of hydrogen-bond acceptors (Lipinski definition) is 4. The van der Waals surface area contributed by atoms with E-state index in [0.29, 0.717) is 16.3 Å². The van der Waals surface area contributed by atoms with Crippen LogP contribution in [0.3, 0.4) is 0 Å². The van der Waals surface area contributed by atoms with E-state index in [1.807, 2.05) is 26.0 Å². The third-order valence-electron chi connectivity index (χ3n) is 5.22. The van der Waals surface area contributed by atoms with Gasteiger partial charge in [-0.1, -0.05) is 61.8 Å². The average Bonchev–Trinajstić information content (AvgIpc) is 2.74. The van der Waals surface area contributed by atoms with Crippen molar-refractivity contribution >= 4 is 39.1 Å². The van der Waals surface area contributed by atoms with Crippen molar-refractivity contribution in [2.75, 3.05) is 24.2 Å². The van der Waals surface area contributed by atoms with Crippen LogP contribution in [0.25, 0.3) is 0 Å². The Morgan fingerprint density at radius 1 is 1.03 bits per heavy atom. The maximum absolute atomic E-state index is 13.4. The van der Waals surface area contributed by atoms with Gasteiger partial charge in [-0.15, -0.1) is 0 Å². The lowest BCUT2D eigenvalue weighted by molar-refractivity contribution is -0.139. The van der Waals surface area contributed by atoms with Gasteiger partial charge < -0.3 is 10.2 Å². The second kappa shape index (κ2) is 10.8. The third-order valence-corrected chi connectivity index (χ3v) is 6.71. The maximum atomic E-state index is 13.4. The zero-order chi connectivity index (χ0) is 24.1. The smallest absolute Gasteiger partial charge is 0.244 e. The molecule has 2 amide bonds. The molecule has 9 heteroatoms. The molecule has 2 aromatic carbocycles. The van der Waals surface area contributed by atoms with Gasteiger partial charge in [-0.2, -0.15) is 0 Å². The first kappa shape index (κ1) is 25.7. The number of rotatable bonds is 9. The van der Waals surface area contributed by atoms with E-state index < -0.39 is 28.5 Å². The van der Waals surface area contributed by atoms with Gasteiger partial charge in [0.05, 0.1) is 11.9 Å². The third kappa shape index (κ3) is 6.23. The standard InChI is InChI=1S/C23H30ClN3O4S/c1-16(2)19-11-7-9-13-21(19)27(32(5,30)31)15-22(28)26(17(3)23(29)25-4)14-18-10-6-8-12-20(18)24/h6-13,16-17H,14-15H2,1-5H3,(H,25,29)/t17-/m0/s1. The molecule has 2 rings (SSSR count). The number of carbonyl (C=O) groups excluding carboxylic acids is 2. The predicted molar refractivity (Wildman–Crippen MR) is 128 cm³/mol. The lowest BCUT2D eigenvalue weighted by Crippen LogP contribution is -2.50. The molecule has 0 bridgehead atoms. The van der Waals surface area contributed by atoms with E-state index in [4.69, 9.17) is 11.6 Å². The maximum Gasteiger partial charge on any atom is 0.244 e. The van der Waals surface area contributed by atoms with E-state index in [9.17, 15) is 18.0 Å². The summed E-state index contributed by atoms with van der Waals surface area (Å²) in [5.41, 5.74) is 1.91. The van der Waals surface area contributed by atoms with Gasteiger partial charge in [-0.05, 0) is 36.1 Å². The molecule has 0 aromatic heterocycles. The highest BCUT2D eigenvalue weighted by Gasteiger charge is 2.31. The molecule has 32 heavy (non-hydrogen) atoms. The second-order valence-electron chi connectivity index (χ2n) is 7.89. The molecule has 2 aromatic rings. The molecule has 174 valence electrons. The Kier molecular flexibility index (Phi) is 8.69. The molecule has 0 unspecified atom stereocenters. The summed E-state index contributed by atoms with van der Waals surface area (Å²) in [5.74, 6) is -0.821. The van der Waals surface area contributed by atoms with Gasteiger partial charge in [0.25, 0.3) is 0 Å². The first-order valence-corrected chi connectivity index (χ1v) is 12.5. The van der Waals surface area contributed by atoms with Crippen LogP contribution in [-0.4, -0.2) is 51.0 Å². The van der Waals surface area contributed by atoms with E-state index in [0.717, 1.165) is 16.1 Å². The number of nitrogens with one attached hydrogen (secondary N) is 1. The van der Waals surface area contributed by atoms with Crippen LogP contribution in [0.15, 0.2) is 48.5 Å². The van der Waals surface area contributed by atoms with Gasteiger partial charge in [0.1, 0.15) is 12.6 Å². The summed E-state index contributed by atoms with van der Waals surface area (Å²) in [6.07, 6.45) is 1.07. The lowest BCUT2D eigenvalue weighted by atomic mass is 10.0. The largest absolute Gasteiger partial charge is 0.357 e. The summed E-state index contributed by atoms with van der Waals surface area (Å²) in [6, 6.07) is 13.3. The number of halogens is 1. The quantitative estimate of drug-likeness (QED) is 0.597. The minimum Gasteiger partial charge on any atom is -0.357 e. The van der Waals surface area contributed by atoms with Crippen LogP contribution < -0.4 is 9.62 Å². The Morgan fingerprint density at radius 2 is 1.62 bits per heavy atom. The predicted octanol–water partition coefficient (Wildman–Crippen LogP) is 3.39. The number of hydrogen-bond donors (Lipinski definition) is 1. The van der Waals surface area contributed by atoms with Crippen molar-refractivity contribution < 1.29 is 18.0 Å². The lowest BCUT2D eigenvalue weighted by Gasteiger charge is -2.32. The summed E-state index contributed by atoms with van der Waals surface area (Å²) in [7, 11) is -2.29. The van der Waals surface area contributed by atoms with Gasteiger partial charge in [0, 0.05) is 18.6 Å². The van der Waals surface area contributed by atoms with Gasteiger partial charge >= 0.3 is 0 Å². The van der Waals surface area contributed by atoms with Crippen molar-refractivity contribution in [3.05, 3.63) is 64.7 Å². The number of amides is 2. The Bertz CT molecular complexity index is 1070. The summed E-state index contributed by atoms with van der Waals surface area (Å²) in [6.45, 7) is 5.14. The number of anilines is 1. The second-order valence-corrected chi connectivity index (χ2v) is 10.2. The van der Waals surface area contributed by atoms with Crippen molar-refractivity contribution in [2.45, 2.75) is 39.3 Å². The van der Waals surface area contributed by atoms with E-state index in [1.54, 1.807) is 43.3 Å². The van der Waals surface area contributed by atoms with Crippen LogP contribution in [-0.2, 0) is 26.2 Å². The normalized spacial score (nSPS) is 12.3. The molecule has 1 N–H and O–H groups in total. The van der Waals surface area contributed by atoms with Crippen LogP contribution in [0.1, 0.15) is 37.8 Å². The van der Waals surface area contributed by atoms with Crippen molar-refractivity contribution in [1.29, 1.82) is 0 Å². The topological polar surface area (TPSA) is 86.8 Å². The van der Waals surface area contributed by atoms with Crippen molar-refractivity contribution in [1.82, 2.24) is 10.2 Å². The van der Waals surface area contributed by atoms with E-state index in [-0.39, 0.29) is 18.4 Å².